The number of ether oxygens (including phenoxy) is 1. The summed E-state index contributed by atoms with van der Waals surface area (Å²) in [7, 11) is -3.66. The lowest BCUT2D eigenvalue weighted by atomic mass is 10.1. The monoisotopic (exact) mass is 440 g/mol. The Morgan fingerprint density at radius 1 is 1.13 bits per heavy atom. The summed E-state index contributed by atoms with van der Waals surface area (Å²) in [5.74, 6) is 0.693. The normalized spacial score (nSPS) is 14.8. The van der Waals surface area contributed by atoms with Crippen LogP contribution in [0.4, 0.5) is 0 Å². The third-order valence-corrected chi connectivity index (χ3v) is 7.03. The van der Waals surface area contributed by atoms with Crippen molar-refractivity contribution in [3.05, 3.63) is 60.0 Å². The van der Waals surface area contributed by atoms with Crippen molar-refractivity contribution >= 4 is 10.0 Å². The third kappa shape index (κ3) is 4.80. The molecule has 164 valence electrons. The Bertz CT molecular complexity index is 1140. The summed E-state index contributed by atoms with van der Waals surface area (Å²) in [6.07, 6.45) is 8.10. The van der Waals surface area contributed by atoms with Crippen molar-refractivity contribution < 1.29 is 13.2 Å². The number of aromatic nitrogens is 3. The molecule has 0 saturated heterocycles. The molecule has 0 atom stereocenters. The van der Waals surface area contributed by atoms with Gasteiger partial charge in [-0.25, -0.2) is 13.1 Å². The summed E-state index contributed by atoms with van der Waals surface area (Å²) in [6, 6.07) is 11.1. The highest BCUT2D eigenvalue weighted by Gasteiger charge is 2.23. The zero-order valence-corrected chi connectivity index (χ0v) is 18.7. The molecule has 0 spiro atoms. The molecule has 31 heavy (non-hydrogen) atoms. The minimum Gasteiger partial charge on any atom is -0.494 e. The molecule has 0 aliphatic heterocycles. The smallest absolute Gasteiger partial charge is 0.240 e. The maximum absolute atomic E-state index is 12.9. The maximum atomic E-state index is 12.9. The van der Waals surface area contributed by atoms with Gasteiger partial charge in [-0.15, -0.1) is 0 Å². The lowest BCUT2D eigenvalue weighted by molar-refractivity contribution is 0.337. The standard InChI is InChI=1S/C23H28N4O3S/c1-3-30-23-9-8-21(14-17(23)2)31(28,29)25-16-19-15-22(18-10-12-24-13-11-18)27(26-19)20-6-4-5-7-20/h8-15,20,25H,3-7,16H2,1-2H3. The Kier molecular flexibility index (Phi) is 6.38. The van der Waals surface area contributed by atoms with Gasteiger partial charge in [-0.05, 0) is 68.7 Å². The van der Waals surface area contributed by atoms with Gasteiger partial charge < -0.3 is 4.74 Å². The minimum atomic E-state index is -3.66. The van der Waals surface area contributed by atoms with Crippen molar-refractivity contribution in [3.8, 4) is 17.0 Å². The molecule has 1 fully saturated rings. The second-order valence-corrected chi connectivity index (χ2v) is 9.59. The van der Waals surface area contributed by atoms with Crippen LogP contribution in [-0.4, -0.2) is 29.8 Å². The fraction of sp³-hybridized carbons (Fsp3) is 0.391. The van der Waals surface area contributed by atoms with Gasteiger partial charge in [0.25, 0.3) is 0 Å². The number of aryl methyl sites for hydroxylation is 1. The van der Waals surface area contributed by atoms with Crippen LogP contribution in [0.3, 0.4) is 0 Å². The van der Waals surface area contributed by atoms with Crippen LogP contribution < -0.4 is 9.46 Å². The molecule has 0 radical (unpaired) electrons. The number of nitrogens with one attached hydrogen (secondary N) is 1. The highest BCUT2D eigenvalue weighted by molar-refractivity contribution is 7.89. The van der Waals surface area contributed by atoms with Crippen LogP contribution in [-0.2, 0) is 16.6 Å². The van der Waals surface area contributed by atoms with E-state index in [-0.39, 0.29) is 11.4 Å². The van der Waals surface area contributed by atoms with Crippen LogP contribution in [0, 0.1) is 6.92 Å². The van der Waals surface area contributed by atoms with Gasteiger partial charge in [-0.2, -0.15) is 5.10 Å². The molecule has 0 bridgehead atoms. The summed E-state index contributed by atoms with van der Waals surface area (Å²) < 4.78 is 36.0. The average Bonchev–Trinajstić information content (AvgIpc) is 3.44. The van der Waals surface area contributed by atoms with Crippen molar-refractivity contribution in [1.82, 2.24) is 19.5 Å². The maximum Gasteiger partial charge on any atom is 0.240 e. The first-order chi connectivity index (χ1) is 15.0. The largest absolute Gasteiger partial charge is 0.494 e. The number of sulfonamides is 1. The van der Waals surface area contributed by atoms with Gasteiger partial charge in [0, 0.05) is 18.0 Å². The lowest BCUT2D eigenvalue weighted by Crippen LogP contribution is -2.23. The van der Waals surface area contributed by atoms with Crippen LogP contribution in [0.1, 0.15) is 49.9 Å². The first kappa shape index (κ1) is 21.5. The topological polar surface area (TPSA) is 86.1 Å². The van der Waals surface area contributed by atoms with Crippen molar-refractivity contribution in [2.45, 2.75) is 57.0 Å². The number of hydrogen-bond acceptors (Lipinski definition) is 5. The summed E-state index contributed by atoms with van der Waals surface area (Å²) in [6.45, 7) is 4.41. The van der Waals surface area contributed by atoms with E-state index in [1.807, 2.05) is 32.0 Å². The molecule has 1 N–H and O–H groups in total. The quantitative estimate of drug-likeness (QED) is 0.566. The van der Waals surface area contributed by atoms with Gasteiger partial charge in [0.15, 0.2) is 0 Å². The molecule has 1 saturated carbocycles. The molecule has 1 aliphatic rings. The SMILES string of the molecule is CCOc1ccc(S(=O)(=O)NCc2cc(-c3ccncc3)n(C3CCCC3)n2)cc1C. The van der Waals surface area contributed by atoms with E-state index in [9.17, 15) is 8.42 Å². The molecular weight excluding hydrogens is 412 g/mol. The zero-order valence-electron chi connectivity index (χ0n) is 17.9. The Morgan fingerprint density at radius 3 is 2.55 bits per heavy atom. The van der Waals surface area contributed by atoms with E-state index < -0.39 is 10.0 Å². The van der Waals surface area contributed by atoms with E-state index in [1.165, 1.54) is 12.8 Å². The van der Waals surface area contributed by atoms with Gasteiger partial charge in [-0.3, -0.25) is 9.67 Å². The second-order valence-electron chi connectivity index (χ2n) is 7.82. The zero-order chi connectivity index (χ0) is 21.8. The summed E-state index contributed by atoms with van der Waals surface area (Å²) in [5, 5.41) is 4.77. The Morgan fingerprint density at radius 2 is 1.87 bits per heavy atom. The molecule has 1 aromatic carbocycles. The third-order valence-electron chi connectivity index (χ3n) is 5.63. The second kappa shape index (κ2) is 9.20. The number of pyridine rings is 1. The van der Waals surface area contributed by atoms with Crippen molar-refractivity contribution in [2.24, 2.45) is 0 Å². The van der Waals surface area contributed by atoms with Gasteiger partial charge >= 0.3 is 0 Å². The molecule has 4 rings (SSSR count). The minimum absolute atomic E-state index is 0.131. The molecule has 0 amide bonds. The highest BCUT2D eigenvalue weighted by atomic mass is 32.2. The molecule has 7 nitrogen and oxygen atoms in total. The van der Waals surface area contributed by atoms with E-state index in [0.717, 1.165) is 29.7 Å². The van der Waals surface area contributed by atoms with Crippen LogP contribution in [0.15, 0.2) is 53.7 Å². The molecule has 1 aliphatic carbocycles. The van der Waals surface area contributed by atoms with Crippen molar-refractivity contribution in [1.29, 1.82) is 0 Å². The average molecular weight is 441 g/mol. The highest BCUT2D eigenvalue weighted by Crippen LogP contribution is 2.33. The molecular formula is C23H28N4O3S. The van der Waals surface area contributed by atoms with Crippen molar-refractivity contribution in [3.63, 3.8) is 0 Å². The first-order valence-electron chi connectivity index (χ1n) is 10.7. The Hall–Kier alpha value is -2.71. The molecule has 2 heterocycles. The Balaban J connectivity index is 1.56. The first-order valence-corrected chi connectivity index (χ1v) is 12.2. The van der Waals surface area contributed by atoms with Crippen molar-refractivity contribution in [2.75, 3.05) is 6.61 Å². The van der Waals surface area contributed by atoms with E-state index in [4.69, 9.17) is 9.84 Å². The summed E-state index contributed by atoms with van der Waals surface area (Å²) >= 11 is 0. The predicted molar refractivity (Wildman–Crippen MR) is 119 cm³/mol. The van der Waals surface area contributed by atoms with Gasteiger partial charge in [0.1, 0.15) is 5.75 Å². The predicted octanol–water partition coefficient (Wildman–Crippen LogP) is 4.25. The van der Waals surface area contributed by atoms with E-state index >= 15 is 0 Å². The van der Waals surface area contributed by atoms with Gasteiger partial charge in [0.2, 0.25) is 10.0 Å². The van der Waals surface area contributed by atoms with Crippen LogP contribution in [0.2, 0.25) is 0 Å². The number of hydrogen-bond donors (Lipinski definition) is 1. The molecule has 3 aromatic rings. The molecule has 0 unspecified atom stereocenters. The van der Waals surface area contributed by atoms with E-state index in [0.29, 0.717) is 24.1 Å². The fourth-order valence-electron chi connectivity index (χ4n) is 4.06. The van der Waals surface area contributed by atoms with Crippen LogP contribution >= 0.6 is 0 Å². The summed E-state index contributed by atoms with van der Waals surface area (Å²) in [4.78, 5) is 4.32. The lowest BCUT2D eigenvalue weighted by Gasteiger charge is -2.14. The van der Waals surface area contributed by atoms with Gasteiger partial charge in [0.05, 0.1) is 35.5 Å². The molecule has 8 heteroatoms. The Labute approximate surface area is 183 Å². The van der Waals surface area contributed by atoms with E-state index in [2.05, 4.69) is 14.4 Å². The van der Waals surface area contributed by atoms with Crippen LogP contribution in [0.25, 0.3) is 11.3 Å². The van der Waals surface area contributed by atoms with Gasteiger partial charge in [-0.1, -0.05) is 12.8 Å². The van der Waals surface area contributed by atoms with Crippen LogP contribution in [0.5, 0.6) is 5.75 Å². The number of rotatable bonds is 8. The van der Waals surface area contributed by atoms with E-state index in [1.54, 1.807) is 30.6 Å². The number of nitrogens with zero attached hydrogens (tertiary/aromatic N) is 3. The fourth-order valence-corrected chi connectivity index (χ4v) is 5.14. The molecule has 2 aromatic heterocycles. The number of benzene rings is 1. The summed E-state index contributed by atoms with van der Waals surface area (Å²) in [5.41, 5.74) is 3.52.